The molecule has 19 heavy (non-hydrogen) atoms. The Morgan fingerprint density at radius 1 is 1.37 bits per heavy atom. The van der Waals surface area contributed by atoms with Gasteiger partial charge in [-0.05, 0) is 31.7 Å². The minimum atomic E-state index is -2.44. The number of rotatable bonds is 8. The van der Waals surface area contributed by atoms with E-state index in [2.05, 4.69) is 5.32 Å². The van der Waals surface area contributed by atoms with Gasteiger partial charge in [-0.1, -0.05) is 11.6 Å². The van der Waals surface area contributed by atoms with E-state index in [1.165, 1.54) is 0 Å². The average Bonchev–Trinajstić information content (AvgIpc) is 2.38. The second kappa shape index (κ2) is 8.30. The zero-order chi connectivity index (χ0) is 14.3. The minimum absolute atomic E-state index is 0.0636. The topological polar surface area (TPSA) is 30.5 Å². The van der Waals surface area contributed by atoms with Crippen molar-refractivity contribution in [2.45, 2.75) is 18.9 Å². The van der Waals surface area contributed by atoms with Crippen molar-refractivity contribution >= 4 is 11.6 Å². The van der Waals surface area contributed by atoms with Gasteiger partial charge in [0.15, 0.2) is 0 Å². The first kappa shape index (κ1) is 16.1. The van der Waals surface area contributed by atoms with Crippen molar-refractivity contribution in [2.24, 2.45) is 0 Å². The molecular weight excluding hydrogens is 276 g/mol. The van der Waals surface area contributed by atoms with Crippen LogP contribution < -0.4 is 10.1 Å². The van der Waals surface area contributed by atoms with Gasteiger partial charge in [-0.15, -0.1) is 0 Å². The molecular formula is C13H18ClF2NO2. The Kier molecular flexibility index (Phi) is 7.05. The minimum Gasteiger partial charge on any atom is -0.496 e. The molecule has 1 aromatic rings. The number of benzene rings is 1. The Labute approximate surface area is 116 Å². The fraction of sp³-hybridized carbons (Fsp3) is 0.538. The van der Waals surface area contributed by atoms with Crippen LogP contribution in [0.2, 0.25) is 5.02 Å². The van der Waals surface area contributed by atoms with Crippen LogP contribution >= 0.6 is 11.6 Å². The third kappa shape index (κ3) is 5.30. The molecule has 1 N–H and O–H groups in total. The molecule has 1 atom stereocenters. The third-order valence-corrected chi connectivity index (χ3v) is 2.95. The highest BCUT2D eigenvalue weighted by molar-refractivity contribution is 6.30. The Hall–Kier alpha value is -0.910. The van der Waals surface area contributed by atoms with Gasteiger partial charge in [0.05, 0.1) is 7.11 Å². The third-order valence-electron chi connectivity index (χ3n) is 2.71. The first-order valence-electron chi connectivity index (χ1n) is 5.95. The van der Waals surface area contributed by atoms with Gasteiger partial charge < -0.3 is 14.8 Å². The molecule has 0 spiro atoms. The van der Waals surface area contributed by atoms with Crippen molar-refractivity contribution in [3.8, 4) is 5.75 Å². The first-order chi connectivity index (χ1) is 9.08. The number of methoxy groups -OCH3 is 1. The normalized spacial score (nSPS) is 12.7. The summed E-state index contributed by atoms with van der Waals surface area (Å²) in [7, 11) is 3.37. The molecule has 0 saturated carbocycles. The van der Waals surface area contributed by atoms with E-state index in [1.54, 1.807) is 32.4 Å². The van der Waals surface area contributed by atoms with Gasteiger partial charge in [-0.2, -0.15) is 0 Å². The van der Waals surface area contributed by atoms with Gasteiger partial charge in [-0.3, -0.25) is 0 Å². The molecule has 0 heterocycles. The molecule has 0 aliphatic carbocycles. The van der Waals surface area contributed by atoms with Gasteiger partial charge >= 0.3 is 0 Å². The lowest BCUT2D eigenvalue weighted by Gasteiger charge is -2.19. The molecule has 108 valence electrons. The number of ether oxygens (including phenoxy) is 2. The van der Waals surface area contributed by atoms with Crippen LogP contribution in [0, 0.1) is 0 Å². The molecule has 3 nitrogen and oxygen atoms in total. The summed E-state index contributed by atoms with van der Waals surface area (Å²) in [6, 6.07) is 5.26. The molecule has 0 bridgehead atoms. The van der Waals surface area contributed by atoms with Crippen LogP contribution in [-0.2, 0) is 4.74 Å². The van der Waals surface area contributed by atoms with E-state index >= 15 is 0 Å². The summed E-state index contributed by atoms with van der Waals surface area (Å²) in [6.07, 6.45) is -1.88. The van der Waals surface area contributed by atoms with Crippen molar-refractivity contribution in [2.75, 3.05) is 27.4 Å². The number of hydrogen-bond acceptors (Lipinski definition) is 3. The molecule has 0 aliphatic rings. The average molecular weight is 294 g/mol. The van der Waals surface area contributed by atoms with E-state index in [0.717, 1.165) is 5.56 Å². The second-order valence-electron chi connectivity index (χ2n) is 3.98. The summed E-state index contributed by atoms with van der Waals surface area (Å²) in [5.41, 5.74) is 0.887. The Morgan fingerprint density at radius 2 is 2.11 bits per heavy atom. The van der Waals surface area contributed by atoms with E-state index in [-0.39, 0.29) is 12.6 Å². The highest BCUT2D eigenvalue weighted by atomic mass is 35.5. The molecule has 1 rings (SSSR count). The maximum atomic E-state index is 12.0. The second-order valence-corrected chi connectivity index (χ2v) is 4.42. The fourth-order valence-corrected chi connectivity index (χ4v) is 1.99. The van der Waals surface area contributed by atoms with Crippen LogP contribution in [-0.4, -0.2) is 33.8 Å². The van der Waals surface area contributed by atoms with Crippen LogP contribution in [0.3, 0.4) is 0 Å². The van der Waals surface area contributed by atoms with Gasteiger partial charge in [-0.25, -0.2) is 8.78 Å². The Bertz CT molecular complexity index is 391. The van der Waals surface area contributed by atoms with Crippen molar-refractivity contribution in [1.82, 2.24) is 5.32 Å². The lowest BCUT2D eigenvalue weighted by atomic mass is 10.0. The largest absolute Gasteiger partial charge is 0.496 e. The highest BCUT2D eigenvalue weighted by Gasteiger charge is 2.15. The quantitative estimate of drug-likeness (QED) is 0.746. The van der Waals surface area contributed by atoms with Crippen LogP contribution in [0.15, 0.2) is 18.2 Å². The summed E-state index contributed by atoms with van der Waals surface area (Å²) >= 11 is 5.96. The predicted molar refractivity (Wildman–Crippen MR) is 71.2 cm³/mol. The van der Waals surface area contributed by atoms with Crippen LogP contribution in [0.25, 0.3) is 0 Å². The fourth-order valence-electron chi connectivity index (χ4n) is 1.81. The van der Waals surface area contributed by atoms with Crippen LogP contribution in [0.1, 0.15) is 18.0 Å². The summed E-state index contributed by atoms with van der Waals surface area (Å²) in [6.45, 7) is -0.297. The molecule has 1 unspecified atom stereocenters. The molecule has 1 aromatic carbocycles. The van der Waals surface area contributed by atoms with Gasteiger partial charge in [0.2, 0.25) is 0 Å². The lowest BCUT2D eigenvalue weighted by Crippen LogP contribution is -2.20. The smallest absolute Gasteiger partial charge is 0.261 e. The van der Waals surface area contributed by atoms with E-state index in [4.69, 9.17) is 21.1 Å². The lowest BCUT2D eigenvalue weighted by molar-refractivity contribution is 0.0145. The first-order valence-corrected chi connectivity index (χ1v) is 6.32. The molecule has 0 amide bonds. The Morgan fingerprint density at radius 3 is 2.68 bits per heavy atom. The molecule has 0 aliphatic heterocycles. The number of hydrogen-bond donors (Lipinski definition) is 1. The van der Waals surface area contributed by atoms with E-state index in [9.17, 15) is 8.78 Å². The van der Waals surface area contributed by atoms with Crippen LogP contribution in [0.4, 0.5) is 8.78 Å². The van der Waals surface area contributed by atoms with E-state index in [1.807, 2.05) is 0 Å². The highest BCUT2D eigenvalue weighted by Crippen LogP contribution is 2.29. The summed E-state index contributed by atoms with van der Waals surface area (Å²) in [5.74, 6) is 0.706. The van der Waals surface area contributed by atoms with Gasteiger partial charge in [0.1, 0.15) is 12.4 Å². The van der Waals surface area contributed by atoms with Crippen molar-refractivity contribution < 1.29 is 18.3 Å². The van der Waals surface area contributed by atoms with Crippen molar-refractivity contribution in [3.05, 3.63) is 28.8 Å². The molecule has 0 saturated heterocycles. The zero-order valence-corrected chi connectivity index (χ0v) is 11.7. The molecule has 0 aromatic heterocycles. The summed E-state index contributed by atoms with van der Waals surface area (Å²) in [4.78, 5) is 0. The molecule has 0 fully saturated rings. The number of alkyl halides is 2. The zero-order valence-electron chi connectivity index (χ0n) is 11.0. The van der Waals surface area contributed by atoms with E-state index < -0.39 is 13.0 Å². The SMILES string of the molecule is CNC(CCOCC(F)F)c1cc(Cl)ccc1OC. The summed E-state index contributed by atoms with van der Waals surface area (Å²) in [5, 5.41) is 3.70. The molecule has 0 radical (unpaired) electrons. The Balaban J connectivity index is 2.65. The molecule has 6 heteroatoms. The van der Waals surface area contributed by atoms with Crippen molar-refractivity contribution in [1.29, 1.82) is 0 Å². The maximum absolute atomic E-state index is 12.0. The van der Waals surface area contributed by atoms with E-state index in [0.29, 0.717) is 17.2 Å². The number of halogens is 3. The van der Waals surface area contributed by atoms with Gasteiger partial charge in [0, 0.05) is 23.2 Å². The van der Waals surface area contributed by atoms with Crippen LogP contribution in [0.5, 0.6) is 5.75 Å². The standard InChI is InChI=1S/C13H18ClF2NO2/c1-17-11(5-6-19-8-13(15)16)10-7-9(14)3-4-12(10)18-2/h3-4,7,11,13,17H,5-6,8H2,1-2H3. The maximum Gasteiger partial charge on any atom is 0.261 e. The van der Waals surface area contributed by atoms with Crippen molar-refractivity contribution in [3.63, 3.8) is 0 Å². The summed E-state index contributed by atoms with van der Waals surface area (Å²) < 4.78 is 34.1. The monoisotopic (exact) mass is 293 g/mol. The number of nitrogens with one attached hydrogen (secondary N) is 1. The van der Waals surface area contributed by atoms with Gasteiger partial charge in [0.25, 0.3) is 6.43 Å². The predicted octanol–water partition coefficient (Wildman–Crippen LogP) is 3.28.